The van der Waals surface area contributed by atoms with Gasteiger partial charge in [0.2, 0.25) is 5.13 Å². The molecule has 88 valence electrons. The number of aromatic nitrogens is 2. The highest BCUT2D eigenvalue weighted by molar-refractivity contribution is 7.13. The van der Waals surface area contributed by atoms with Gasteiger partial charge in [-0.1, -0.05) is 18.3 Å². The van der Waals surface area contributed by atoms with E-state index < -0.39 is 0 Å². The molecular formula is C10H16N4OS. The van der Waals surface area contributed by atoms with Crippen molar-refractivity contribution >= 4 is 22.5 Å². The third-order valence-electron chi connectivity index (χ3n) is 2.93. The Morgan fingerprint density at radius 1 is 1.69 bits per heavy atom. The predicted molar refractivity (Wildman–Crippen MR) is 63.6 cm³/mol. The molecule has 1 saturated heterocycles. The van der Waals surface area contributed by atoms with Crippen molar-refractivity contribution in [3.63, 3.8) is 0 Å². The zero-order chi connectivity index (χ0) is 11.4. The molecule has 0 aromatic carbocycles. The molecule has 0 unspecified atom stereocenters. The number of rotatable bonds is 2. The van der Waals surface area contributed by atoms with Gasteiger partial charge in [-0.25, -0.2) is 4.79 Å². The zero-order valence-electron chi connectivity index (χ0n) is 9.35. The standard InChI is InChI=1S/C10H16N4OS/c1-2-8-5-3-4-6-14(8)10(15)12-9-13-11-7-16-9/h7-8H,2-6H2,1H3,(H,12,13,15)/t8-/m1/s1. The normalized spacial score (nSPS) is 20.8. The summed E-state index contributed by atoms with van der Waals surface area (Å²) in [5, 5.41) is 10.9. The van der Waals surface area contributed by atoms with Crippen LogP contribution in [0, 0.1) is 0 Å². The molecule has 1 atom stereocenters. The van der Waals surface area contributed by atoms with Gasteiger partial charge in [-0.3, -0.25) is 5.32 Å². The van der Waals surface area contributed by atoms with Gasteiger partial charge in [0.15, 0.2) is 0 Å². The quantitative estimate of drug-likeness (QED) is 0.863. The van der Waals surface area contributed by atoms with Crippen LogP contribution in [0.25, 0.3) is 0 Å². The molecule has 2 heterocycles. The van der Waals surface area contributed by atoms with Gasteiger partial charge >= 0.3 is 6.03 Å². The molecular weight excluding hydrogens is 224 g/mol. The number of anilines is 1. The third kappa shape index (κ3) is 2.49. The lowest BCUT2D eigenvalue weighted by molar-refractivity contribution is 0.160. The lowest BCUT2D eigenvalue weighted by Crippen LogP contribution is -2.45. The Labute approximate surface area is 98.9 Å². The molecule has 2 amide bonds. The summed E-state index contributed by atoms with van der Waals surface area (Å²) in [6, 6.07) is 0.338. The van der Waals surface area contributed by atoms with E-state index in [0.717, 1.165) is 25.8 Å². The number of carbonyl (C=O) groups is 1. The van der Waals surface area contributed by atoms with Crippen LogP contribution in [0.4, 0.5) is 9.93 Å². The number of hydrogen-bond donors (Lipinski definition) is 1. The average Bonchev–Trinajstić information content (AvgIpc) is 2.81. The molecule has 1 N–H and O–H groups in total. The maximum atomic E-state index is 12.0. The van der Waals surface area contributed by atoms with Crippen molar-refractivity contribution in [3.8, 4) is 0 Å². The molecule has 16 heavy (non-hydrogen) atoms. The van der Waals surface area contributed by atoms with Gasteiger partial charge in [0.05, 0.1) is 0 Å². The number of likely N-dealkylation sites (tertiary alicyclic amines) is 1. The molecule has 5 nitrogen and oxygen atoms in total. The van der Waals surface area contributed by atoms with Crippen LogP contribution in [0.15, 0.2) is 5.51 Å². The minimum atomic E-state index is -0.0386. The Morgan fingerprint density at radius 3 is 3.25 bits per heavy atom. The molecule has 1 aromatic heterocycles. The lowest BCUT2D eigenvalue weighted by atomic mass is 10.0. The fourth-order valence-electron chi connectivity index (χ4n) is 2.08. The number of nitrogens with zero attached hydrogens (tertiary/aromatic N) is 3. The molecule has 0 bridgehead atoms. The minimum absolute atomic E-state index is 0.0386. The fourth-order valence-corrected chi connectivity index (χ4v) is 2.52. The van der Waals surface area contributed by atoms with Crippen LogP contribution in [0.1, 0.15) is 32.6 Å². The Hall–Kier alpha value is -1.17. The van der Waals surface area contributed by atoms with Gasteiger partial charge in [-0.05, 0) is 25.7 Å². The SMILES string of the molecule is CC[C@@H]1CCCCN1C(=O)Nc1nncs1. The second-order valence-corrected chi connectivity index (χ2v) is 4.76. The molecule has 0 spiro atoms. The van der Waals surface area contributed by atoms with E-state index >= 15 is 0 Å². The van der Waals surface area contributed by atoms with Crippen LogP contribution in [0.2, 0.25) is 0 Å². The van der Waals surface area contributed by atoms with Crippen molar-refractivity contribution in [3.05, 3.63) is 5.51 Å². The monoisotopic (exact) mass is 240 g/mol. The first kappa shape index (κ1) is 11.3. The van der Waals surface area contributed by atoms with Gasteiger partial charge < -0.3 is 4.90 Å². The van der Waals surface area contributed by atoms with E-state index in [1.54, 1.807) is 5.51 Å². The zero-order valence-corrected chi connectivity index (χ0v) is 10.2. The predicted octanol–water partition coefficient (Wildman–Crippen LogP) is 2.33. The van der Waals surface area contributed by atoms with Crippen LogP contribution < -0.4 is 5.32 Å². The summed E-state index contributed by atoms with van der Waals surface area (Å²) >= 11 is 1.34. The fraction of sp³-hybridized carbons (Fsp3) is 0.700. The van der Waals surface area contributed by atoms with Crippen molar-refractivity contribution in [2.45, 2.75) is 38.6 Å². The van der Waals surface area contributed by atoms with Gasteiger partial charge in [-0.2, -0.15) is 0 Å². The summed E-state index contributed by atoms with van der Waals surface area (Å²) in [6.45, 7) is 2.98. The van der Waals surface area contributed by atoms with Gasteiger partial charge in [0.1, 0.15) is 5.51 Å². The first-order valence-electron chi connectivity index (χ1n) is 5.65. The molecule has 1 fully saturated rings. The summed E-state index contributed by atoms with van der Waals surface area (Å²) in [5.41, 5.74) is 1.61. The van der Waals surface area contributed by atoms with E-state index in [1.165, 1.54) is 17.8 Å². The van der Waals surface area contributed by atoms with Gasteiger partial charge in [-0.15, -0.1) is 10.2 Å². The Morgan fingerprint density at radius 2 is 2.56 bits per heavy atom. The second-order valence-electron chi connectivity index (χ2n) is 3.93. The lowest BCUT2D eigenvalue weighted by Gasteiger charge is -2.34. The molecule has 6 heteroatoms. The van der Waals surface area contributed by atoms with Crippen LogP contribution in [0.5, 0.6) is 0 Å². The summed E-state index contributed by atoms with van der Waals surface area (Å²) < 4.78 is 0. The second kappa shape index (κ2) is 5.25. The van der Waals surface area contributed by atoms with E-state index in [4.69, 9.17) is 0 Å². The summed E-state index contributed by atoms with van der Waals surface area (Å²) in [7, 11) is 0. The highest BCUT2D eigenvalue weighted by Crippen LogP contribution is 2.20. The van der Waals surface area contributed by atoms with Gasteiger partial charge in [0, 0.05) is 12.6 Å². The van der Waals surface area contributed by atoms with E-state index in [-0.39, 0.29) is 6.03 Å². The number of amides is 2. The first-order valence-corrected chi connectivity index (χ1v) is 6.53. The molecule has 1 aliphatic heterocycles. The largest absolute Gasteiger partial charge is 0.323 e. The van der Waals surface area contributed by atoms with Crippen LogP contribution in [0.3, 0.4) is 0 Å². The average molecular weight is 240 g/mol. The molecule has 2 rings (SSSR count). The number of hydrogen-bond acceptors (Lipinski definition) is 4. The van der Waals surface area contributed by atoms with E-state index in [0.29, 0.717) is 11.2 Å². The Kier molecular flexibility index (Phi) is 3.71. The van der Waals surface area contributed by atoms with Crippen molar-refractivity contribution in [2.75, 3.05) is 11.9 Å². The summed E-state index contributed by atoms with van der Waals surface area (Å²) in [4.78, 5) is 13.9. The van der Waals surface area contributed by atoms with Crippen LogP contribution in [-0.2, 0) is 0 Å². The molecule has 0 saturated carbocycles. The van der Waals surface area contributed by atoms with Crippen LogP contribution >= 0.6 is 11.3 Å². The Balaban J connectivity index is 1.97. The number of urea groups is 1. The van der Waals surface area contributed by atoms with E-state index in [9.17, 15) is 4.79 Å². The molecule has 1 aliphatic rings. The Bertz CT molecular complexity index is 341. The maximum absolute atomic E-state index is 12.0. The number of carbonyl (C=O) groups excluding carboxylic acids is 1. The van der Waals surface area contributed by atoms with E-state index in [1.807, 2.05) is 4.90 Å². The topological polar surface area (TPSA) is 58.1 Å². The first-order chi connectivity index (χ1) is 7.81. The van der Waals surface area contributed by atoms with E-state index in [2.05, 4.69) is 22.4 Å². The molecule has 0 aliphatic carbocycles. The van der Waals surface area contributed by atoms with Crippen molar-refractivity contribution in [1.29, 1.82) is 0 Å². The number of nitrogens with one attached hydrogen (secondary N) is 1. The van der Waals surface area contributed by atoms with Crippen molar-refractivity contribution in [2.24, 2.45) is 0 Å². The van der Waals surface area contributed by atoms with Gasteiger partial charge in [0.25, 0.3) is 0 Å². The minimum Gasteiger partial charge on any atom is -0.322 e. The molecule has 1 aromatic rings. The maximum Gasteiger partial charge on any atom is 0.323 e. The highest BCUT2D eigenvalue weighted by atomic mass is 32.1. The summed E-state index contributed by atoms with van der Waals surface area (Å²) in [5.74, 6) is 0. The smallest absolute Gasteiger partial charge is 0.322 e. The number of piperidine rings is 1. The highest BCUT2D eigenvalue weighted by Gasteiger charge is 2.25. The van der Waals surface area contributed by atoms with Crippen molar-refractivity contribution < 1.29 is 4.79 Å². The third-order valence-corrected chi connectivity index (χ3v) is 3.54. The molecule has 0 radical (unpaired) electrons. The summed E-state index contributed by atoms with van der Waals surface area (Å²) in [6.07, 6.45) is 4.45. The van der Waals surface area contributed by atoms with Crippen LogP contribution in [-0.4, -0.2) is 33.7 Å². The van der Waals surface area contributed by atoms with Crippen molar-refractivity contribution in [1.82, 2.24) is 15.1 Å².